The standard InChI is InChI=1S/C27H35N5O4S/c1-17-8-6-9-18(2)24(17)22-13-23(36-15-20(28)14-27(3,4)5)32-26(31-22)30-16-37(29,35)21-11-7-10-19(12-21)25(33)34/h6-13,20,29H,14-16,28H2,1-5H3,(H,33,34)(H,30,31,32)/t20-,37?/m1/s1. The lowest BCUT2D eigenvalue weighted by Crippen LogP contribution is -2.32. The van der Waals surface area contributed by atoms with Crippen LogP contribution in [0.25, 0.3) is 11.3 Å². The molecule has 3 aromatic rings. The zero-order valence-corrected chi connectivity index (χ0v) is 22.7. The van der Waals surface area contributed by atoms with Gasteiger partial charge in [0.25, 0.3) is 0 Å². The fourth-order valence-electron chi connectivity index (χ4n) is 4.05. The van der Waals surface area contributed by atoms with Crippen molar-refractivity contribution >= 4 is 21.6 Å². The molecule has 3 rings (SSSR count). The highest BCUT2D eigenvalue weighted by Gasteiger charge is 2.19. The number of hydrogen-bond donors (Lipinski definition) is 4. The Morgan fingerprint density at radius 1 is 1.14 bits per heavy atom. The number of aryl methyl sites for hydroxylation is 2. The lowest BCUT2D eigenvalue weighted by Gasteiger charge is -2.23. The van der Waals surface area contributed by atoms with Gasteiger partial charge in [0, 0.05) is 22.6 Å². The molecule has 37 heavy (non-hydrogen) atoms. The summed E-state index contributed by atoms with van der Waals surface area (Å²) in [4.78, 5) is 20.4. The average molecular weight is 526 g/mol. The second-order valence-electron chi connectivity index (χ2n) is 10.3. The van der Waals surface area contributed by atoms with Gasteiger partial charge in [-0.15, -0.1) is 0 Å². The van der Waals surface area contributed by atoms with Gasteiger partial charge in [-0.05, 0) is 55.0 Å². The van der Waals surface area contributed by atoms with Crippen LogP contribution in [0.2, 0.25) is 0 Å². The van der Waals surface area contributed by atoms with E-state index in [9.17, 15) is 14.1 Å². The Morgan fingerprint density at radius 3 is 2.41 bits per heavy atom. The predicted molar refractivity (Wildman–Crippen MR) is 146 cm³/mol. The Bertz CT molecular complexity index is 1360. The van der Waals surface area contributed by atoms with Crippen LogP contribution in [0, 0.1) is 24.0 Å². The van der Waals surface area contributed by atoms with E-state index in [0.29, 0.717) is 11.6 Å². The number of nitrogens with two attached hydrogens (primary N) is 1. The zero-order valence-electron chi connectivity index (χ0n) is 21.9. The van der Waals surface area contributed by atoms with Crippen LogP contribution in [0.3, 0.4) is 0 Å². The predicted octanol–water partition coefficient (Wildman–Crippen LogP) is 5.08. The molecule has 0 aliphatic rings. The summed E-state index contributed by atoms with van der Waals surface area (Å²) in [5, 5.41) is 12.1. The van der Waals surface area contributed by atoms with Gasteiger partial charge in [-0.25, -0.2) is 18.8 Å². The molecule has 0 saturated heterocycles. The largest absolute Gasteiger partial charge is 0.478 e. The van der Waals surface area contributed by atoms with Crippen molar-refractivity contribution in [3.05, 3.63) is 65.2 Å². The number of rotatable bonds is 10. The van der Waals surface area contributed by atoms with E-state index in [2.05, 4.69) is 36.1 Å². The van der Waals surface area contributed by atoms with E-state index in [0.717, 1.165) is 23.1 Å². The Labute approximate surface area is 218 Å². The van der Waals surface area contributed by atoms with Crippen LogP contribution in [-0.4, -0.2) is 43.8 Å². The number of ether oxygens (including phenoxy) is 1. The molecular formula is C27H35N5O4S. The van der Waals surface area contributed by atoms with E-state index in [-0.39, 0.29) is 40.3 Å². The SMILES string of the molecule is Cc1cccc(C)c1-c1cc(OC[C@H](N)CC(C)(C)C)nc(NCS(=N)(=O)c2cccc(C(=O)O)c2)n1. The summed E-state index contributed by atoms with van der Waals surface area (Å²) in [5.74, 6) is -1.01. The lowest BCUT2D eigenvalue weighted by molar-refractivity contribution is 0.0696. The number of hydrogen-bond acceptors (Lipinski definition) is 8. The van der Waals surface area contributed by atoms with Gasteiger partial charge in [-0.3, -0.25) is 0 Å². The fraction of sp³-hybridized carbons (Fsp3) is 0.370. The number of aromatic nitrogens is 2. The summed E-state index contributed by atoms with van der Waals surface area (Å²) >= 11 is 0. The van der Waals surface area contributed by atoms with Crippen LogP contribution >= 0.6 is 0 Å². The summed E-state index contributed by atoms with van der Waals surface area (Å²) in [6, 6.07) is 13.1. The molecule has 0 bridgehead atoms. The van der Waals surface area contributed by atoms with Crippen LogP contribution in [0.5, 0.6) is 5.88 Å². The first-order valence-electron chi connectivity index (χ1n) is 11.9. The molecule has 1 heterocycles. The minimum absolute atomic E-state index is 0.0342. The van der Waals surface area contributed by atoms with E-state index >= 15 is 0 Å². The maximum absolute atomic E-state index is 13.1. The maximum Gasteiger partial charge on any atom is 0.335 e. The van der Waals surface area contributed by atoms with Gasteiger partial charge < -0.3 is 20.9 Å². The number of carbonyl (C=O) groups is 1. The van der Waals surface area contributed by atoms with Gasteiger partial charge in [0.15, 0.2) is 0 Å². The Morgan fingerprint density at radius 2 is 1.78 bits per heavy atom. The molecule has 9 nitrogen and oxygen atoms in total. The molecule has 2 aromatic carbocycles. The molecule has 0 fully saturated rings. The first kappa shape index (κ1) is 28.1. The van der Waals surface area contributed by atoms with E-state index in [1.165, 1.54) is 24.3 Å². The third-order valence-corrected chi connectivity index (χ3v) is 7.22. The van der Waals surface area contributed by atoms with Gasteiger partial charge in [0.2, 0.25) is 11.8 Å². The van der Waals surface area contributed by atoms with E-state index in [1.54, 1.807) is 6.07 Å². The number of nitrogens with one attached hydrogen (secondary N) is 2. The Kier molecular flexibility index (Phi) is 8.55. The number of benzene rings is 2. The van der Waals surface area contributed by atoms with Crippen molar-refractivity contribution in [2.45, 2.75) is 52.0 Å². The third-order valence-electron chi connectivity index (χ3n) is 5.66. The van der Waals surface area contributed by atoms with Crippen molar-refractivity contribution in [1.29, 1.82) is 4.78 Å². The minimum Gasteiger partial charge on any atom is -0.478 e. The van der Waals surface area contributed by atoms with Gasteiger partial charge in [0.05, 0.1) is 21.0 Å². The number of carboxylic acids is 1. The monoisotopic (exact) mass is 525 g/mol. The molecule has 10 heteroatoms. The van der Waals surface area contributed by atoms with E-state index in [1.807, 2.05) is 32.0 Å². The molecule has 0 saturated carbocycles. The molecular weight excluding hydrogens is 490 g/mol. The van der Waals surface area contributed by atoms with Crippen molar-refractivity contribution in [1.82, 2.24) is 9.97 Å². The molecule has 0 amide bonds. The highest BCUT2D eigenvalue weighted by atomic mass is 32.2. The Balaban J connectivity index is 1.91. The second kappa shape index (κ2) is 11.3. The molecule has 0 spiro atoms. The van der Waals surface area contributed by atoms with Gasteiger partial charge in [0.1, 0.15) is 12.5 Å². The average Bonchev–Trinajstić information content (AvgIpc) is 2.80. The number of anilines is 1. The molecule has 198 valence electrons. The molecule has 5 N–H and O–H groups in total. The maximum atomic E-state index is 13.1. The lowest BCUT2D eigenvalue weighted by atomic mass is 9.89. The van der Waals surface area contributed by atoms with Gasteiger partial charge >= 0.3 is 5.97 Å². The highest BCUT2D eigenvalue weighted by molar-refractivity contribution is 7.92. The molecule has 1 unspecified atom stereocenters. The Hall–Kier alpha value is -3.50. The second-order valence-corrected chi connectivity index (χ2v) is 12.5. The zero-order chi connectivity index (χ0) is 27.4. The first-order chi connectivity index (χ1) is 17.2. The van der Waals surface area contributed by atoms with Crippen LogP contribution in [0.15, 0.2) is 53.4 Å². The fourth-order valence-corrected chi connectivity index (χ4v) is 5.16. The summed E-state index contributed by atoms with van der Waals surface area (Å²) in [6.45, 7) is 10.6. The number of aromatic carboxylic acids is 1. The van der Waals surface area contributed by atoms with E-state index < -0.39 is 15.7 Å². The summed E-state index contributed by atoms with van der Waals surface area (Å²) in [6.07, 6.45) is 0.767. The molecule has 0 aliphatic heterocycles. The summed E-state index contributed by atoms with van der Waals surface area (Å²) in [5.41, 5.74) is 9.88. The van der Waals surface area contributed by atoms with Crippen LogP contribution in [0.4, 0.5) is 5.95 Å². The quantitative estimate of drug-likeness (QED) is 0.286. The van der Waals surface area contributed by atoms with Crippen molar-refractivity contribution in [3.63, 3.8) is 0 Å². The summed E-state index contributed by atoms with van der Waals surface area (Å²) < 4.78 is 27.5. The van der Waals surface area contributed by atoms with Crippen molar-refractivity contribution < 1.29 is 18.8 Å². The normalized spacial score (nSPS) is 14.0. The van der Waals surface area contributed by atoms with Gasteiger partial charge in [-0.1, -0.05) is 45.0 Å². The number of carboxylic acid groups (broad SMARTS) is 1. The number of nitrogens with zero attached hydrogens (tertiary/aromatic N) is 2. The molecule has 0 aliphatic carbocycles. The van der Waals surface area contributed by atoms with Crippen molar-refractivity contribution in [2.75, 3.05) is 17.8 Å². The van der Waals surface area contributed by atoms with Crippen LogP contribution in [0.1, 0.15) is 48.7 Å². The van der Waals surface area contributed by atoms with Crippen molar-refractivity contribution in [3.8, 4) is 17.1 Å². The van der Waals surface area contributed by atoms with Crippen LogP contribution in [-0.2, 0) is 9.73 Å². The van der Waals surface area contributed by atoms with Crippen molar-refractivity contribution in [2.24, 2.45) is 11.1 Å². The third kappa shape index (κ3) is 7.74. The summed E-state index contributed by atoms with van der Waals surface area (Å²) in [7, 11) is -3.38. The molecule has 1 aromatic heterocycles. The highest BCUT2D eigenvalue weighted by Crippen LogP contribution is 2.29. The van der Waals surface area contributed by atoms with E-state index in [4.69, 9.17) is 15.3 Å². The van der Waals surface area contributed by atoms with Gasteiger partial charge in [-0.2, -0.15) is 4.98 Å². The topological polar surface area (TPSA) is 151 Å². The van der Waals surface area contributed by atoms with Crippen LogP contribution < -0.4 is 15.8 Å². The first-order valence-corrected chi connectivity index (χ1v) is 13.7. The minimum atomic E-state index is -3.38. The molecule has 2 atom stereocenters. The smallest absolute Gasteiger partial charge is 0.335 e. The molecule has 0 radical (unpaired) electrons.